The molecule has 0 amide bonds. The Morgan fingerprint density at radius 3 is 2.33 bits per heavy atom. The van der Waals surface area contributed by atoms with Crippen molar-refractivity contribution in [2.75, 3.05) is 13.7 Å². The van der Waals surface area contributed by atoms with Crippen LogP contribution in [0, 0.1) is 5.92 Å². The molecule has 2 rings (SSSR count). The molecule has 0 heterocycles. The van der Waals surface area contributed by atoms with Crippen LogP contribution in [0.15, 0.2) is 71.7 Å². The summed E-state index contributed by atoms with van der Waals surface area (Å²) >= 11 is 0. The highest BCUT2D eigenvalue weighted by atomic mass is 16.5. The molecule has 0 aliphatic heterocycles. The van der Waals surface area contributed by atoms with Gasteiger partial charge in [0.15, 0.2) is 0 Å². The largest absolute Gasteiger partial charge is 0.497 e. The molecule has 3 heteroatoms. The fourth-order valence-electron chi connectivity index (χ4n) is 2.10. The van der Waals surface area contributed by atoms with E-state index in [9.17, 15) is 0 Å². The molecule has 126 valence electrons. The van der Waals surface area contributed by atoms with E-state index in [0.29, 0.717) is 18.4 Å². The Hall–Kier alpha value is -2.55. The molecule has 0 saturated carbocycles. The van der Waals surface area contributed by atoms with Crippen LogP contribution in [-0.2, 0) is 4.74 Å². The molecule has 2 aromatic rings. The molecular formula is C21H25NO2. The van der Waals surface area contributed by atoms with Crippen molar-refractivity contribution in [2.24, 2.45) is 10.9 Å². The van der Waals surface area contributed by atoms with Crippen molar-refractivity contribution in [3.63, 3.8) is 0 Å². The quantitative estimate of drug-likeness (QED) is 0.388. The summed E-state index contributed by atoms with van der Waals surface area (Å²) in [4.78, 5) is 4.64. The topological polar surface area (TPSA) is 30.8 Å². The maximum absolute atomic E-state index is 5.90. The summed E-state index contributed by atoms with van der Waals surface area (Å²) in [6.45, 7) is 4.91. The fourth-order valence-corrected chi connectivity index (χ4v) is 2.10. The maximum Gasteiger partial charge on any atom is 0.221 e. The number of nitrogens with zero attached hydrogens (tertiary/aromatic N) is 1. The van der Waals surface area contributed by atoms with Gasteiger partial charge in [-0.2, -0.15) is 0 Å². The Morgan fingerprint density at radius 1 is 1.00 bits per heavy atom. The third kappa shape index (κ3) is 5.92. The average Bonchev–Trinajstić information content (AvgIpc) is 2.61. The van der Waals surface area contributed by atoms with Crippen molar-refractivity contribution in [1.29, 1.82) is 0 Å². The highest BCUT2D eigenvalue weighted by Gasteiger charge is 2.04. The van der Waals surface area contributed by atoms with E-state index in [-0.39, 0.29) is 0 Å². The minimum Gasteiger partial charge on any atom is -0.497 e. The molecule has 0 aliphatic carbocycles. The van der Waals surface area contributed by atoms with Gasteiger partial charge in [0, 0.05) is 5.56 Å². The summed E-state index contributed by atoms with van der Waals surface area (Å²) in [5.74, 6) is 2.09. The number of aliphatic imine (C=N–C) groups is 1. The van der Waals surface area contributed by atoms with Gasteiger partial charge < -0.3 is 9.47 Å². The lowest BCUT2D eigenvalue weighted by Crippen LogP contribution is -2.06. The minimum atomic E-state index is 0.511. The van der Waals surface area contributed by atoms with Crippen molar-refractivity contribution in [1.82, 2.24) is 0 Å². The summed E-state index contributed by atoms with van der Waals surface area (Å²) in [6, 6.07) is 17.6. The SMILES string of the molecule is COc1ccc(N=C(OC/C=C/CC(C)C)c2ccccc2)cc1. The Balaban J connectivity index is 2.13. The van der Waals surface area contributed by atoms with E-state index in [1.54, 1.807) is 7.11 Å². The molecule has 0 unspecified atom stereocenters. The Morgan fingerprint density at radius 2 is 1.71 bits per heavy atom. The third-order valence-corrected chi connectivity index (χ3v) is 3.41. The van der Waals surface area contributed by atoms with Crippen LogP contribution in [0.3, 0.4) is 0 Å². The number of hydrogen-bond acceptors (Lipinski definition) is 3. The first-order valence-corrected chi connectivity index (χ1v) is 8.25. The molecule has 0 radical (unpaired) electrons. The second kappa shape index (κ2) is 9.56. The molecule has 2 aromatic carbocycles. The Labute approximate surface area is 144 Å². The van der Waals surface area contributed by atoms with Gasteiger partial charge in [-0.25, -0.2) is 4.99 Å². The second-order valence-electron chi connectivity index (χ2n) is 5.89. The molecule has 3 nitrogen and oxygen atoms in total. The average molecular weight is 323 g/mol. The van der Waals surface area contributed by atoms with E-state index in [1.807, 2.05) is 60.7 Å². The van der Waals surface area contributed by atoms with Crippen molar-refractivity contribution in [2.45, 2.75) is 20.3 Å². The molecule has 0 saturated heterocycles. The molecule has 24 heavy (non-hydrogen) atoms. The standard InChI is InChI=1S/C21H25NO2/c1-17(2)9-7-8-16-24-21(18-10-5-4-6-11-18)22-19-12-14-20(23-3)15-13-19/h4-8,10-15,17H,9,16H2,1-3H3/b8-7+,22-21?. The van der Waals surface area contributed by atoms with Gasteiger partial charge in [-0.15, -0.1) is 0 Å². The summed E-state index contributed by atoms with van der Waals surface area (Å²) in [5, 5.41) is 0. The normalized spacial score (nSPS) is 11.9. The highest BCUT2D eigenvalue weighted by molar-refractivity contribution is 5.95. The number of benzene rings is 2. The first-order valence-electron chi connectivity index (χ1n) is 8.25. The van der Waals surface area contributed by atoms with Gasteiger partial charge in [-0.3, -0.25) is 0 Å². The van der Waals surface area contributed by atoms with E-state index in [1.165, 1.54) is 0 Å². The molecule has 0 aliphatic rings. The second-order valence-corrected chi connectivity index (χ2v) is 5.89. The lowest BCUT2D eigenvalue weighted by Gasteiger charge is -2.08. The number of rotatable bonds is 7. The lowest BCUT2D eigenvalue weighted by atomic mass is 10.1. The summed E-state index contributed by atoms with van der Waals surface area (Å²) in [5.41, 5.74) is 1.80. The molecule has 0 fully saturated rings. The summed E-state index contributed by atoms with van der Waals surface area (Å²) in [6.07, 6.45) is 5.26. The Kier molecular flexibility index (Phi) is 7.09. The predicted octanol–water partition coefficient (Wildman–Crippen LogP) is 5.39. The van der Waals surface area contributed by atoms with Crippen LogP contribution in [0.4, 0.5) is 5.69 Å². The van der Waals surface area contributed by atoms with Crippen molar-refractivity contribution in [3.8, 4) is 5.75 Å². The number of ether oxygens (including phenoxy) is 2. The number of hydrogen-bond donors (Lipinski definition) is 0. The fraction of sp³-hybridized carbons (Fsp3) is 0.286. The van der Waals surface area contributed by atoms with Gasteiger partial charge in [-0.05, 0) is 48.7 Å². The monoisotopic (exact) mass is 323 g/mol. The van der Waals surface area contributed by atoms with E-state index in [0.717, 1.165) is 23.4 Å². The van der Waals surface area contributed by atoms with Crippen LogP contribution in [0.1, 0.15) is 25.8 Å². The Bertz CT molecular complexity index is 658. The first kappa shape index (κ1) is 17.8. The van der Waals surface area contributed by atoms with Crippen molar-refractivity contribution >= 4 is 11.6 Å². The number of allylic oxidation sites excluding steroid dienone is 1. The predicted molar refractivity (Wildman–Crippen MR) is 100 cm³/mol. The summed E-state index contributed by atoms with van der Waals surface area (Å²) in [7, 11) is 1.65. The summed E-state index contributed by atoms with van der Waals surface area (Å²) < 4.78 is 11.1. The molecule has 0 aromatic heterocycles. The smallest absolute Gasteiger partial charge is 0.221 e. The van der Waals surface area contributed by atoms with Crippen LogP contribution in [0.5, 0.6) is 5.75 Å². The number of methoxy groups -OCH3 is 1. The van der Waals surface area contributed by atoms with Gasteiger partial charge in [0.1, 0.15) is 12.4 Å². The highest BCUT2D eigenvalue weighted by Crippen LogP contribution is 2.19. The zero-order chi connectivity index (χ0) is 17.2. The van der Waals surface area contributed by atoms with E-state index >= 15 is 0 Å². The van der Waals surface area contributed by atoms with E-state index in [4.69, 9.17) is 9.47 Å². The molecule has 0 N–H and O–H groups in total. The van der Waals surface area contributed by atoms with Gasteiger partial charge in [0.2, 0.25) is 5.90 Å². The van der Waals surface area contributed by atoms with Crippen LogP contribution in [0.25, 0.3) is 0 Å². The zero-order valence-electron chi connectivity index (χ0n) is 14.6. The van der Waals surface area contributed by atoms with Crippen LogP contribution >= 0.6 is 0 Å². The van der Waals surface area contributed by atoms with E-state index < -0.39 is 0 Å². The van der Waals surface area contributed by atoms with Gasteiger partial charge in [0.05, 0.1) is 12.8 Å². The third-order valence-electron chi connectivity index (χ3n) is 3.41. The molecule has 0 bridgehead atoms. The minimum absolute atomic E-state index is 0.511. The van der Waals surface area contributed by atoms with Crippen LogP contribution in [-0.4, -0.2) is 19.6 Å². The van der Waals surface area contributed by atoms with Gasteiger partial charge in [0.25, 0.3) is 0 Å². The van der Waals surface area contributed by atoms with Crippen molar-refractivity contribution < 1.29 is 9.47 Å². The van der Waals surface area contributed by atoms with Crippen molar-refractivity contribution in [3.05, 3.63) is 72.3 Å². The van der Waals surface area contributed by atoms with Gasteiger partial charge in [-0.1, -0.05) is 44.2 Å². The van der Waals surface area contributed by atoms with Gasteiger partial charge >= 0.3 is 0 Å². The molecule has 0 atom stereocenters. The zero-order valence-corrected chi connectivity index (χ0v) is 14.6. The molecular weight excluding hydrogens is 298 g/mol. The lowest BCUT2D eigenvalue weighted by molar-refractivity contribution is 0.351. The van der Waals surface area contributed by atoms with E-state index in [2.05, 4.69) is 24.9 Å². The maximum atomic E-state index is 5.90. The molecule has 0 spiro atoms. The van der Waals surface area contributed by atoms with Crippen LogP contribution in [0.2, 0.25) is 0 Å². The van der Waals surface area contributed by atoms with Crippen LogP contribution < -0.4 is 4.74 Å². The first-order chi connectivity index (χ1) is 11.7.